The van der Waals surface area contributed by atoms with Gasteiger partial charge < -0.3 is 5.32 Å². The van der Waals surface area contributed by atoms with Gasteiger partial charge in [-0.25, -0.2) is 0 Å². The summed E-state index contributed by atoms with van der Waals surface area (Å²) in [5, 5.41) is 7.88. The molecule has 108 valence electrons. The molecule has 0 aliphatic carbocycles. The van der Waals surface area contributed by atoms with Crippen molar-refractivity contribution in [3.05, 3.63) is 52.3 Å². The lowest BCUT2D eigenvalue weighted by Gasteiger charge is -2.06. The van der Waals surface area contributed by atoms with Gasteiger partial charge in [-0.05, 0) is 36.6 Å². The number of hydrogen-bond acceptors (Lipinski definition) is 2. The fourth-order valence-corrected chi connectivity index (χ4v) is 2.52. The Bertz CT molecular complexity index is 534. The normalized spacial score (nSPS) is 11.2. The first-order valence-corrected chi connectivity index (χ1v) is 7.92. The third-order valence-electron chi connectivity index (χ3n) is 3.17. The van der Waals surface area contributed by atoms with Gasteiger partial charge in [0.2, 0.25) is 0 Å². The van der Waals surface area contributed by atoms with Crippen LogP contribution in [0.15, 0.2) is 41.1 Å². The molecule has 1 N–H and O–H groups in total. The summed E-state index contributed by atoms with van der Waals surface area (Å²) in [6.45, 7) is 6.23. The first-order valence-electron chi connectivity index (χ1n) is 7.13. The second kappa shape index (κ2) is 7.60. The third kappa shape index (κ3) is 4.76. The van der Waals surface area contributed by atoms with Crippen LogP contribution in [0.2, 0.25) is 0 Å². The van der Waals surface area contributed by atoms with Crippen molar-refractivity contribution >= 4 is 15.9 Å². The van der Waals surface area contributed by atoms with Gasteiger partial charge in [0.25, 0.3) is 0 Å². The molecular formula is C16H22BrN3. The molecule has 0 bridgehead atoms. The molecule has 1 aromatic carbocycles. The molecule has 0 spiro atoms. The molecule has 20 heavy (non-hydrogen) atoms. The zero-order valence-electron chi connectivity index (χ0n) is 12.1. The van der Waals surface area contributed by atoms with E-state index in [1.807, 2.05) is 16.9 Å². The molecule has 2 rings (SSSR count). The fraction of sp³-hybridized carbons (Fsp3) is 0.438. The minimum absolute atomic E-state index is 0.563. The van der Waals surface area contributed by atoms with Crippen LogP contribution in [0.3, 0.4) is 0 Å². The lowest BCUT2D eigenvalue weighted by molar-refractivity contribution is 0.570. The Morgan fingerprint density at radius 3 is 2.85 bits per heavy atom. The molecular weight excluding hydrogens is 314 g/mol. The van der Waals surface area contributed by atoms with Crippen LogP contribution in [-0.4, -0.2) is 22.4 Å². The quantitative estimate of drug-likeness (QED) is 0.783. The van der Waals surface area contributed by atoms with E-state index in [1.165, 1.54) is 11.1 Å². The lowest BCUT2D eigenvalue weighted by atomic mass is 10.2. The van der Waals surface area contributed by atoms with E-state index in [4.69, 9.17) is 0 Å². The van der Waals surface area contributed by atoms with E-state index >= 15 is 0 Å². The predicted molar refractivity (Wildman–Crippen MR) is 86.9 cm³/mol. The summed E-state index contributed by atoms with van der Waals surface area (Å²) in [4.78, 5) is 0. The second-order valence-electron chi connectivity index (χ2n) is 5.35. The first-order chi connectivity index (χ1) is 9.65. The van der Waals surface area contributed by atoms with Gasteiger partial charge in [0.05, 0.1) is 12.7 Å². The second-order valence-corrected chi connectivity index (χ2v) is 6.20. The van der Waals surface area contributed by atoms with Crippen LogP contribution >= 0.6 is 15.9 Å². The van der Waals surface area contributed by atoms with E-state index in [0.717, 1.165) is 30.4 Å². The molecule has 1 aromatic heterocycles. The highest BCUT2D eigenvalue weighted by atomic mass is 79.9. The molecule has 0 aliphatic heterocycles. The van der Waals surface area contributed by atoms with Gasteiger partial charge in [0.1, 0.15) is 0 Å². The molecule has 3 nitrogen and oxygen atoms in total. The summed E-state index contributed by atoms with van der Waals surface area (Å²) in [6.07, 6.45) is 6.36. The van der Waals surface area contributed by atoms with Crippen LogP contribution in [0.25, 0.3) is 0 Å². The largest absolute Gasteiger partial charge is 0.315 e. The van der Waals surface area contributed by atoms with Crippen molar-refractivity contribution < 1.29 is 0 Å². The molecule has 0 unspecified atom stereocenters. The number of aromatic nitrogens is 2. The lowest BCUT2D eigenvalue weighted by Crippen LogP contribution is -2.23. The number of nitrogens with zero attached hydrogens (tertiary/aromatic N) is 2. The van der Waals surface area contributed by atoms with E-state index < -0.39 is 0 Å². The highest BCUT2D eigenvalue weighted by Gasteiger charge is 2.03. The van der Waals surface area contributed by atoms with Gasteiger partial charge >= 0.3 is 0 Å². The highest BCUT2D eigenvalue weighted by molar-refractivity contribution is 9.10. The maximum Gasteiger partial charge on any atom is 0.0670 e. The van der Waals surface area contributed by atoms with E-state index in [9.17, 15) is 0 Å². The minimum Gasteiger partial charge on any atom is -0.315 e. The van der Waals surface area contributed by atoms with Crippen LogP contribution in [0.5, 0.6) is 0 Å². The third-order valence-corrected chi connectivity index (χ3v) is 3.95. The van der Waals surface area contributed by atoms with Crippen molar-refractivity contribution in [3.63, 3.8) is 0 Å². The Morgan fingerprint density at radius 2 is 2.10 bits per heavy atom. The van der Waals surface area contributed by atoms with Gasteiger partial charge in [-0.1, -0.05) is 48.0 Å². The van der Waals surface area contributed by atoms with Crippen molar-refractivity contribution in [1.29, 1.82) is 0 Å². The van der Waals surface area contributed by atoms with Crippen LogP contribution in [0, 0.1) is 0 Å². The van der Waals surface area contributed by atoms with Crippen molar-refractivity contribution in [2.75, 3.05) is 6.54 Å². The van der Waals surface area contributed by atoms with Crippen molar-refractivity contribution in [1.82, 2.24) is 15.1 Å². The van der Waals surface area contributed by atoms with E-state index in [0.29, 0.717) is 6.04 Å². The zero-order chi connectivity index (χ0) is 14.4. The average molecular weight is 336 g/mol. The number of hydrogen-bond donors (Lipinski definition) is 1. The molecule has 0 saturated carbocycles. The molecule has 4 heteroatoms. The van der Waals surface area contributed by atoms with Crippen LogP contribution in [0.4, 0.5) is 0 Å². The van der Waals surface area contributed by atoms with Crippen molar-refractivity contribution in [3.8, 4) is 0 Å². The predicted octanol–water partition coefficient (Wildman–Crippen LogP) is 3.62. The Balaban J connectivity index is 1.85. The average Bonchev–Trinajstić information content (AvgIpc) is 2.85. The van der Waals surface area contributed by atoms with Crippen LogP contribution in [0.1, 0.15) is 31.4 Å². The maximum atomic E-state index is 4.44. The Labute approximate surface area is 129 Å². The molecule has 0 atom stereocenters. The number of aryl methyl sites for hydroxylation is 1. The van der Waals surface area contributed by atoms with Gasteiger partial charge in [0.15, 0.2) is 0 Å². The Kier molecular flexibility index (Phi) is 5.80. The maximum absolute atomic E-state index is 4.44. The van der Waals surface area contributed by atoms with Crippen LogP contribution < -0.4 is 5.32 Å². The summed E-state index contributed by atoms with van der Waals surface area (Å²) in [5.74, 6) is 0. The molecule has 0 saturated heterocycles. The number of halogens is 1. The molecule has 1 heterocycles. The van der Waals surface area contributed by atoms with Crippen molar-refractivity contribution in [2.45, 2.75) is 39.3 Å². The SMILES string of the molecule is CC(C)NCCCc1cnn(Cc2ccccc2Br)c1. The smallest absolute Gasteiger partial charge is 0.0670 e. The van der Waals surface area contributed by atoms with E-state index in [2.05, 4.69) is 64.6 Å². The summed E-state index contributed by atoms with van der Waals surface area (Å²) in [5.41, 5.74) is 2.56. The zero-order valence-corrected chi connectivity index (χ0v) is 13.7. The number of nitrogens with one attached hydrogen (secondary N) is 1. The molecule has 0 amide bonds. The minimum atomic E-state index is 0.563. The van der Waals surface area contributed by atoms with E-state index in [1.54, 1.807) is 0 Å². The van der Waals surface area contributed by atoms with Gasteiger partial charge in [-0.15, -0.1) is 0 Å². The molecule has 2 aromatic rings. The van der Waals surface area contributed by atoms with Gasteiger partial charge in [-0.3, -0.25) is 4.68 Å². The summed E-state index contributed by atoms with van der Waals surface area (Å²) in [7, 11) is 0. The summed E-state index contributed by atoms with van der Waals surface area (Å²) < 4.78 is 3.14. The standard InChI is InChI=1S/C16H22BrN3/c1-13(2)18-9-5-6-14-10-19-20(11-14)12-15-7-3-4-8-16(15)17/h3-4,7-8,10-11,13,18H,5-6,9,12H2,1-2H3. The first kappa shape index (κ1) is 15.3. The fourth-order valence-electron chi connectivity index (χ4n) is 2.11. The monoisotopic (exact) mass is 335 g/mol. The molecule has 0 fully saturated rings. The number of benzene rings is 1. The summed E-state index contributed by atoms with van der Waals surface area (Å²) in [6, 6.07) is 8.84. The summed E-state index contributed by atoms with van der Waals surface area (Å²) >= 11 is 3.58. The van der Waals surface area contributed by atoms with Crippen LogP contribution in [-0.2, 0) is 13.0 Å². The Hall–Kier alpha value is -1.13. The highest BCUT2D eigenvalue weighted by Crippen LogP contribution is 2.17. The van der Waals surface area contributed by atoms with Gasteiger partial charge in [-0.2, -0.15) is 5.10 Å². The molecule has 0 radical (unpaired) electrons. The molecule has 0 aliphatic rings. The van der Waals surface area contributed by atoms with Gasteiger partial charge in [0, 0.05) is 16.7 Å². The topological polar surface area (TPSA) is 29.9 Å². The van der Waals surface area contributed by atoms with E-state index in [-0.39, 0.29) is 0 Å². The Morgan fingerprint density at radius 1 is 1.30 bits per heavy atom. The number of rotatable bonds is 7. The van der Waals surface area contributed by atoms with Crippen molar-refractivity contribution in [2.24, 2.45) is 0 Å².